The molecular weight excluding hydrogens is 373 g/mol. The molecule has 7 heteroatoms. The summed E-state index contributed by atoms with van der Waals surface area (Å²) in [4.78, 5) is 9.59. The third-order valence-electron chi connectivity index (χ3n) is 5.43. The summed E-state index contributed by atoms with van der Waals surface area (Å²) < 4.78 is -1.49. The first-order valence-electron chi connectivity index (χ1n) is 6.03. The van der Waals surface area contributed by atoms with E-state index >= 15 is 0 Å². The summed E-state index contributed by atoms with van der Waals surface area (Å²) in [6.45, 7) is 0. The van der Waals surface area contributed by atoms with Crippen LogP contribution in [0.3, 0.4) is 0 Å². The van der Waals surface area contributed by atoms with Gasteiger partial charge in [-0.3, -0.25) is 4.79 Å². The van der Waals surface area contributed by atoms with Gasteiger partial charge in [0.1, 0.15) is 15.5 Å². The van der Waals surface area contributed by atoms with Gasteiger partial charge >= 0.3 is 0 Å². The van der Waals surface area contributed by atoms with Crippen molar-refractivity contribution in [3.63, 3.8) is 0 Å². The number of fused-ring (bicyclic) bond motifs is 9. The van der Waals surface area contributed by atoms with Crippen molar-refractivity contribution in [2.75, 3.05) is 0 Å². The normalized spacial score (nSPS) is 57.3. The monoisotopic (exact) mass is 378 g/mol. The quantitative estimate of drug-likeness (QED) is 0.440. The van der Waals surface area contributed by atoms with Crippen molar-refractivity contribution in [1.82, 2.24) is 0 Å². The Morgan fingerprint density at radius 1 is 0.947 bits per heavy atom. The van der Waals surface area contributed by atoms with Crippen LogP contribution >= 0.6 is 69.6 Å². The molecule has 3 fully saturated rings. The number of hydrogen-bond acceptors (Lipinski definition) is 1. The fourth-order valence-electron chi connectivity index (χ4n) is 4.78. The lowest BCUT2D eigenvalue weighted by Gasteiger charge is -2.38. The SMILES string of the molecule is O=C1C[C@@H]2C[C@H]1[C@@H]1[C@@H]2[C@]2(Cl)C(Cl)=C(Cl)[C@]1(Cl)C2(Cl)Cl. The Morgan fingerprint density at radius 2 is 1.47 bits per heavy atom. The predicted molar refractivity (Wildman–Crippen MR) is 78.5 cm³/mol. The van der Waals surface area contributed by atoms with Gasteiger partial charge in [-0.15, -0.1) is 23.2 Å². The minimum atomic E-state index is -1.49. The molecule has 3 saturated carbocycles. The van der Waals surface area contributed by atoms with E-state index in [-0.39, 0.29) is 39.5 Å². The molecule has 0 saturated heterocycles. The van der Waals surface area contributed by atoms with E-state index in [1.165, 1.54) is 0 Å². The van der Waals surface area contributed by atoms with Gasteiger partial charge in [-0.05, 0) is 18.3 Å². The summed E-state index contributed by atoms with van der Waals surface area (Å²) >= 11 is 39.0. The molecule has 4 aliphatic rings. The fourth-order valence-corrected chi connectivity index (χ4v) is 7.93. The topological polar surface area (TPSA) is 17.1 Å². The molecule has 0 unspecified atom stereocenters. The first-order chi connectivity index (χ1) is 8.69. The molecule has 104 valence electrons. The molecule has 4 bridgehead atoms. The third-order valence-corrected chi connectivity index (χ3v) is 9.72. The average molecular weight is 381 g/mol. The summed E-state index contributed by atoms with van der Waals surface area (Å²) in [5.74, 6) is -0.0920. The number of alkyl halides is 4. The standard InChI is InChI=1S/C12H8Cl6O/c13-8-9(14)11(16)7-4-1-3(2-5(4)19)6(7)10(8,15)12(11,17)18/h3-4,6-7H,1-2H2/t3-,4+,6+,7+,10-,11-/m0/s1. The van der Waals surface area contributed by atoms with E-state index in [2.05, 4.69) is 0 Å². The minimum absolute atomic E-state index is 0.0839. The zero-order valence-corrected chi connectivity index (χ0v) is 13.9. The highest BCUT2D eigenvalue weighted by molar-refractivity contribution is 6.65. The molecule has 0 amide bonds. The van der Waals surface area contributed by atoms with Crippen LogP contribution in [0.5, 0.6) is 0 Å². The first-order valence-corrected chi connectivity index (χ1v) is 8.30. The van der Waals surface area contributed by atoms with Gasteiger partial charge in [0.25, 0.3) is 0 Å². The first kappa shape index (κ1) is 13.8. The largest absolute Gasteiger partial charge is 0.299 e. The van der Waals surface area contributed by atoms with Crippen LogP contribution in [0.15, 0.2) is 10.1 Å². The van der Waals surface area contributed by atoms with Gasteiger partial charge < -0.3 is 0 Å². The smallest absolute Gasteiger partial charge is 0.166 e. The molecule has 0 aromatic heterocycles. The molecule has 4 aliphatic carbocycles. The van der Waals surface area contributed by atoms with E-state index in [1.54, 1.807) is 0 Å². The van der Waals surface area contributed by atoms with Gasteiger partial charge in [-0.1, -0.05) is 46.4 Å². The van der Waals surface area contributed by atoms with E-state index in [0.29, 0.717) is 6.42 Å². The maximum absolute atomic E-state index is 12.0. The van der Waals surface area contributed by atoms with Gasteiger partial charge in [0.15, 0.2) is 4.33 Å². The third kappa shape index (κ3) is 1.11. The number of allylic oxidation sites excluding steroid dienone is 2. The van der Waals surface area contributed by atoms with Crippen LogP contribution in [0, 0.1) is 23.7 Å². The van der Waals surface area contributed by atoms with E-state index in [0.717, 1.165) is 6.42 Å². The van der Waals surface area contributed by atoms with Crippen molar-refractivity contribution < 1.29 is 4.79 Å². The summed E-state index contributed by atoms with van der Waals surface area (Å²) in [6, 6.07) is 0. The Balaban J connectivity index is 2.01. The van der Waals surface area contributed by atoms with Crippen LogP contribution < -0.4 is 0 Å². The molecule has 0 radical (unpaired) electrons. The molecule has 4 rings (SSSR count). The Labute approximate surface area is 140 Å². The molecule has 1 nitrogen and oxygen atoms in total. The number of carbonyl (C=O) groups is 1. The van der Waals surface area contributed by atoms with E-state index in [9.17, 15) is 4.79 Å². The Hall–Kier alpha value is 1.15. The molecule has 19 heavy (non-hydrogen) atoms. The van der Waals surface area contributed by atoms with Gasteiger partial charge in [0.05, 0.1) is 10.1 Å². The number of halogens is 6. The minimum Gasteiger partial charge on any atom is -0.299 e. The lowest BCUT2D eigenvalue weighted by molar-refractivity contribution is -0.124. The second-order valence-corrected chi connectivity index (χ2v) is 9.23. The van der Waals surface area contributed by atoms with Crippen molar-refractivity contribution >= 4 is 75.4 Å². The number of Topliss-reactive ketones (excluding diaryl/α,β-unsaturated/α-hetero) is 1. The summed E-state index contributed by atoms with van der Waals surface area (Å²) in [6.07, 6.45) is 1.30. The van der Waals surface area contributed by atoms with E-state index in [4.69, 9.17) is 69.6 Å². The lowest BCUT2D eigenvalue weighted by atomic mass is 9.72. The van der Waals surface area contributed by atoms with Gasteiger partial charge in [-0.25, -0.2) is 0 Å². The second-order valence-electron chi connectivity index (χ2n) is 5.95. The van der Waals surface area contributed by atoms with E-state index in [1.807, 2.05) is 0 Å². The Bertz CT molecular complexity index is 556. The second kappa shape index (κ2) is 3.55. The Kier molecular flexibility index (Phi) is 2.58. The summed E-state index contributed by atoms with van der Waals surface area (Å²) in [5.41, 5.74) is 0. The zero-order chi connectivity index (χ0) is 14.0. The number of rotatable bonds is 0. The van der Waals surface area contributed by atoms with Crippen molar-refractivity contribution in [3.05, 3.63) is 10.1 Å². The van der Waals surface area contributed by atoms with Crippen LogP contribution in [-0.4, -0.2) is 19.9 Å². The van der Waals surface area contributed by atoms with E-state index < -0.39 is 14.1 Å². The van der Waals surface area contributed by atoms with Crippen molar-refractivity contribution in [2.24, 2.45) is 23.7 Å². The highest BCUT2D eigenvalue weighted by Gasteiger charge is 2.86. The van der Waals surface area contributed by atoms with Crippen LogP contribution in [0.2, 0.25) is 0 Å². The van der Waals surface area contributed by atoms with Crippen LogP contribution in [0.1, 0.15) is 12.8 Å². The summed E-state index contributed by atoms with van der Waals surface area (Å²) in [5, 5.41) is 0.453. The van der Waals surface area contributed by atoms with Crippen LogP contribution in [-0.2, 0) is 4.79 Å². The molecule has 0 heterocycles. The molecule has 0 spiro atoms. The fraction of sp³-hybridized carbons (Fsp3) is 0.750. The maximum atomic E-state index is 12.0. The van der Waals surface area contributed by atoms with Crippen LogP contribution in [0.25, 0.3) is 0 Å². The average Bonchev–Trinajstić information content (AvgIpc) is 2.95. The summed E-state index contributed by atoms with van der Waals surface area (Å²) in [7, 11) is 0. The number of carbonyl (C=O) groups excluding carboxylic acids is 1. The molecule has 0 aromatic rings. The highest BCUT2D eigenvalue weighted by Crippen LogP contribution is 2.82. The molecule has 6 atom stereocenters. The predicted octanol–water partition coefficient (Wildman–Crippen LogP) is 4.67. The Morgan fingerprint density at radius 3 is 2.05 bits per heavy atom. The molecule has 0 N–H and O–H groups in total. The molecule has 0 aromatic carbocycles. The molecular formula is C12H8Cl6O. The van der Waals surface area contributed by atoms with Gasteiger partial charge in [-0.2, -0.15) is 0 Å². The lowest BCUT2D eigenvalue weighted by Crippen LogP contribution is -2.46. The number of ketones is 1. The maximum Gasteiger partial charge on any atom is 0.166 e. The molecule has 0 aliphatic heterocycles. The van der Waals surface area contributed by atoms with Crippen LogP contribution in [0.4, 0.5) is 0 Å². The van der Waals surface area contributed by atoms with Gasteiger partial charge in [0.2, 0.25) is 0 Å². The number of hydrogen-bond donors (Lipinski definition) is 0. The zero-order valence-electron chi connectivity index (χ0n) is 9.40. The van der Waals surface area contributed by atoms with Crippen molar-refractivity contribution in [1.29, 1.82) is 0 Å². The van der Waals surface area contributed by atoms with Crippen molar-refractivity contribution in [3.8, 4) is 0 Å². The highest BCUT2D eigenvalue weighted by atomic mass is 35.5. The van der Waals surface area contributed by atoms with Gasteiger partial charge in [0, 0.05) is 18.3 Å². The van der Waals surface area contributed by atoms with Crippen molar-refractivity contribution in [2.45, 2.75) is 26.9 Å².